The summed E-state index contributed by atoms with van der Waals surface area (Å²) < 4.78 is 0. The number of benzene rings is 3. The van der Waals surface area contributed by atoms with Crippen LogP contribution in [-0.2, 0) is 6.54 Å². The first-order valence-electron chi connectivity index (χ1n) is 6.96. The molecule has 3 aromatic carbocycles. The third-order valence-electron chi connectivity index (χ3n) is 3.72. The summed E-state index contributed by atoms with van der Waals surface area (Å²) in [7, 11) is 2.07. The summed E-state index contributed by atoms with van der Waals surface area (Å²) in [5.41, 5.74) is 3.11. The normalized spacial score (nSPS) is 10.3. The quantitative estimate of drug-likeness (QED) is 0.709. The van der Waals surface area contributed by atoms with Crippen LogP contribution in [-0.4, -0.2) is 7.05 Å². The Morgan fingerprint density at radius 2 is 1.62 bits per heavy atom. The van der Waals surface area contributed by atoms with Crippen molar-refractivity contribution in [3.05, 3.63) is 77.9 Å². The molecule has 2 heteroatoms. The molecule has 0 bridgehead atoms. The highest BCUT2D eigenvalue weighted by Gasteiger charge is 2.05. The summed E-state index contributed by atoms with van der Waals surface area (Å²) in [5.74, 6) is 0. The van der Waals surface area contributed by atoms with Gasteiger partial charge in [-0.3, -0.25) is 0 Å². The van der Waals surface area contributed by atoms with Crippen molar-refractivity contribution in [1.29, 1.82) is 5.26 Å². The summed E-state index contributed by atoms with van der Waals surface area (Å²) in [4.78, 5) is 2.20. The van der Waals surface area contributed by atoms with Gasteiger partial charge in [-0.1, -0.05) is 42.5 Å². The van der Waals surface area contributed by atoms with Crippen LogP contribution < -0.4 is 4.90 Å². The molecule has 0 aromatic heterocycles. The smallest absolute Gasteiger partial charge is 0.0991 e. The summed E-state index contributed by atoms with van der Waals surface area (Å²) in [5, 5.41) is 11.4. The zero-order valence-electron chi connectivity index (χ0n) is 12.0. The first-order chi connectivity index (χ1) is 10.3. The third kappa shape index (κ3) is 2.73. The average molecular weight is 272 g/mol. The predicted molar refractivity (Wildman–Crippen MR) is 87.2 cm³/mol. The fourth-order valence-electron chi connectivity index (χ4n) is 2.57. The second kappa shape index (κ2) is 5.68. The van der Waals surface area contributed by atoms with Gasteiger partial charge in [0.1, 0.15) is 0 Å². The van der Waals surface area contributed by atoms with E-state index in [1.54, 1.807) is 0 Å². The molecule has 0 aliphatic heterocycles. The highest BCUT2D eigenvalue weighted by Crippen LogP contribution is 2.22. The van der Waals surface area contributed by atoms with Gasteiger partial charge in [0.25, 0.3) is 0 Å². The number of nitriles is 1. The maximum Gasteiger partial charge on any atom is 0.0991 e. The van der Waals surface area contributed by atoms with Gasteiger partial charge in [0, 0.05) is 19.3 Å². The highest BCUT2D eigenvalue weighted by atomic mass is 15.1. The highest BCUT2D eigenvalue weighted by molar-refractivity contribution is 5.85. The molecule has 0 aliphatic carbocycles. The molecule has 0 spiro atoms. The van der Waals surface area contributed by atoms with Crippen molar-refractivity contribution in [1.82, 2.24) is 0 Å². The van der Waals surface area contributed by atoms with Crippen molar-refractivity contribution in [3.63, 3.8) is 0 Å². The lowest BCUT2D eigenvalue weighted by molar-refractivity contribution is 0.930. The van der Waals surface area contributed by atoms with Crippen molar-refractivity contribution >= 4 is 16.5 Å². The maximum absolute atomic E-state index is 8.86. The van der Waals surface area contributed by atoms with Gasteiger partial charge in [-0.15, -0.1) is 0 Å². The Hall–Kier alpha value is -2.79. The third-order valence-corrected chi connectivity index (χ3v) is 3.72. The molecule has 0 radical (unpaired) electrons. The van der Waals surface area contributed by atoms with Crippen molar-refractivity contribution < 1.29 is 0 Å². The lowest BCUT2D eigenvalue weighted by Gasteiger charge is -2.20. The summed E-state index contributed by atoms with van der Waals surface area (Å²) in [6.07, 6.45) is 0. The SMILES string of the molecule is CN(Cc1cccc2ccccc12)c1ccc(C#N)cc1. The lowest BCUT2D eigenvalue weighted by atomic mass is 10.0. The van der Waals surface area contributed by atoms with E-state index in [0.29, 0.717) is 5.56 Å². The van der Waals surface area contributed by atoms with Gasteiger partial charge in [-0.05, 0) is 40.6 Å². The number of anilines is 1. The molecule has 21 heavy (non-hydrogen) atoms. The zero-order chi connectivity index (χ0) is 14.7. The van der Waals surface area contributed by atoms with Gasteiger partial charge >= 0.3 is 0 Å². The molecule has 0 amide bonds. The van der Waals surface area contributed by atoms with E-state index >= 15 is 0 Å². The van der Waals surface area contributed by atoms with Gasteiger partial charge in [0.05, 0.1) is 11.6 Å². The molecule has 0 saturated heterocycles. The van der Waals surface area contributed by atoms with Crippen LogP contribution in [0.1, 0.15) is 11.1 Å². The molecule has 0 atom stereocenters. The molecule has 0 heterocycles. The van der Waals surface area contributed by atoms with Crippen molar-refractivity contribution in [2.45, 2.75) is 6.54 Å². The van der Waals surface area contributed by atoms with Crippen LogP contribution in [0.25, 0.3) is 10.8 Å². The summed E-state index contributed by atoms with van der Waals surface area (Å²) >= 11 is 0. The van der Waals surface area contributed by atoms with Crippen molar-refractivity contribution in [2.24, 2.45) is 0 Å². The average Bonchev–Trinajstić information content (AvgIpc) is 2.55. The van der Waals surface area contributed by atoms with Crippen LogP contribution in [0.4, 0.5) is 5.69 Å². The van der Waals surface area contributed by atoms with E-state index in [-0.39, 0.29) is 0 Å². The molecule has 0 N–H and O–H groups in total. The van der Waals surface area contributed by atoms with Crippen molar-refractivity contribution in [2.75, 3.05) is 11.9 Å². The summed E-state index contributed by atoms with van der Waals surface area (Å²) in [6, 6.07) is 24.7. The topological polar surface area (TPSA) is 27.0 Å². The van der Waals surface area contributed by atoms with Crippen molar-refractivity contribution in [3.8, 4) is 6.07 Å². The monoisotopic (exact) mass is 272 g/mol. The van der Waals surface area contributed by atoms with Gasteiger partial charge < -0.3 is 4.90 Å². The number of hydrogen-bond acceptors (Lipinski definition) is 2. The van der Waals surface area contributed by atoms with E-state index in [1.807, 2.05) is 24.3 Å². The number of rotatable bonds is 3. The van der Waals surface area contributed by atoms with E-state index in [1.165, 1.54) is 16.3 Å². The molecule has 3 aromatic rings. The second-order valence-electron chi connectivity index (χ2n) is 5.15. The van der Waals surface area contributed by atoms with E-state index < -0.39 is 0 Å². The molecule has 0 fully saturated rings. The van der Waals surface area contributed by atoms with E-state index in [9.17, 15) is 0 Å². The van der Waals surface area contributed by atoms with Crippen LogP contribution in [0.3, 0.4) is 0 Å². The Bertz CT molecular complexity index is 792. The Morgan fingerprint density at radius 1 is 0.905 bits per heavy atom. The Morgan fingerprint density at radius 3 is 2.38 bits per heavy atom. The first kappa shape index (κ1) is 13.2. The van der Waals surface area contributed by atoms with Crippen LogP contribution in [0.5, 0.6) is 0 Å². The van der Waals surface area contributed by atoms with Crippen LogP contribution in [0.15, 0.2) is 66.7 Å². The molecule has 0 aliphatic rings. The van der Waals surface area contributed by atoms with E-state index in [4.69, 9.17) is 5.26 Å². The van der Waals surface area contributed by atoms with E-state index in [2.05, 4.69) is 60.5 Å². The van der Waals surface area contributed by atoms with Crippen LogP contribution >= 0.6 is 0 Å². The molecule has 0 saturated carbocycles. The Kier molecular flexibility index (Phi) is 3.57. The Balaban J connectivity index is 1.89. The van der Waals surface area contributed by atoms with Gasteiger partial charge in [0.2, 0.25) is 0 Å². The number of fused-ring (bicyclic) bond motifs is 1. The minimum atomic E-state index is 0.692. The second-order valence-corrected chi connectivity index (χ2v) is 5.15. The largest absolute Gasteiger partial charge is 0.370 e. The van der Waals surface area contributed by atoms with E-state index in [0.717, 1.165) is 12.2 Å². The minimum Gasteiger partial charge on any atom is -0.370 e. The van der Waals surface area contributed by atoms with Crippen LogP contribution in [0.2, 0.25) is 0 Å². The van der Waals surface area contributed by atoms with Crippen LogP contribution in [0, 0.1) is 11.3 Å². The minimum absolute atomic E-state index is 0.692. The molecule has 102 valence electrons. The molecule has 3 rings (SSSR count). The molecule has 2 nitrogen and oxygen atoms in total. The standard InChI is InChI=1S/C19H16N2/c1-21(18-11-9-15(13-20)10-12-18)14-17-7-4-6-16-5-2-3-8-19(16)17/h2-12H,14H2,1H3. The predicted octanol–water partition coefficient (Wildman–Crippen LogP) is 4.35. The lowest BCUT2D eigenvalue weighted by Crippen LogP contribution is -2.16. The molecule has 0 unspecified atom stereocenters. The molecular formula is C19H16N2. The fourth-order valence-corrected chi connectivity index (χ4v) is 2.57. The number of hydrogen-bond donors (Lipinski definition) is 0. The van der Waals surface area contributed by atoms with Gasteiger partial charge in [-0.2, -0.15) is 5.26 Å². The first-order valence-corrected chi connectivity index (χ1v) is 6.96. The summed E-state index contributed by atoms with van der Waals surface area (Å²) in [6.45, 7) is 0.841. The Labute approximate surface area is 124 Å². The zero-order valence-corrected chi connectivity index (χ0v) is 12.0. The van der Waals surface area contributed by atoms with Gasteiger partial charge in [0.15, 0.2) is 0 Å². The maximum atomic E-state index is 8.86. The van der Waals surface area contributed by atoms with Gasteiger partial charge in [-0.25, -0.2) is 0 Å². The molecular weight excluding hydrogens is 256 g/mol. The number of nitrogens with zero attached hydrogens (tertiary/aromatic N) is 2. The fraction of sp³-hybridized carbons (Fsp3) is 0.105.